The predicted octanol–water partition coefficient (Wildman–Crippen LogP) is 4.31. The van der Waals surface area contributed by atoms with E-state index >= 15 is 0 Å². The second-order valence-electron chi connectivity index (χ2n) is 7.78. The monoisotopic (exact) mass is 402 g/mol. The zero-order valence-corrected chi connectivity index (χ0v) is 15.7. The van der Waals surface area contributed by atoms with Gasteiger partial charge in [-0.05, 0) is 36.5 Å². The number of hydrogen-bond acceptors (Lipinski definition) is 4. The Balaban J connectivity index is 1.45. The molecule has 0 bridgehead atoms. The Kier molecular flexibility index (Phi) is 4.46. The van der Waals surface area contributed by atoms with Crippen molar-refractivity contribution in [1.82, 2.24) is 19.9 Å². The Hall–Kier alpha value is -2.61. The summed E-state index contributed by atoms with van der Waals surface area (Å²) < 4.78 is 48.9. The number of para-hydroxylation sites is 1. The number of pyridine rings is 1. The maximum absolute atomic E-state index is 13.9. The summed E-state index contributed by atoms with van der Waals surface area (Å²) in [6, 6.07) is 9.11. The third-order valence-corrected chi connectivity index (χ3v) is 5.69. The standard InChI is InChI=1S/C21H21F3N4O/c22-21(23,24)19-14(7-9-28-18(11-13-5-6-13)26-27-20(19)28)12-25-16-8-10-29-17-4-2-1-3-15(16)17/h1-4,7,9,13,16,25H,5-6,8,10-12H2. The molecule has 1 atom stereocenters. The van der Waals surface area contributed by atoms with Crippen LogP contribution < -0.4 is 10.1 Å². The predicted molar refractivity (Wildman–Crippen MR) is 101 cm³/mol. The lowest BCUT2D eigenvalue weighted by atomic mass is 10.00. The van der Waals surface area contributed by atoms with Crippen LogP contribution in [0.4, 0.5) is 13.2 Å². The normalized spacial score (nSPS) is 19.2. The fraction of sp³-hybridized carbons (Fsp3) is 0.429. The molecule has 2 aromatic heterocycles. The van der Waals surface area contributed by atoms with Crippen LogP contribution in [0.3, 0.4) is 0 Å². The van der Waals surface area contributed by atoms with Gasteiger partial charge in [0, 0.05) is 37.2 Å². The summed E-state index contributed by atoms with van der Waals surface area (Å²) in [5.41, 5.74) is 0.337. The van der Waals surface area contributed by atoms with E-state index in [1.807, 2.05) is 24.3 Å². The van der Waals surface area contributed by atoms with Crippen LogP contribution in [0, 0.1) is 5.92 Å². The summed E-state index contributed by atoms with van der Waals surface area (Å²) in [6.07, 6.45) is 0.755. The van der Waals surface area contributed by atoms with Gasteiger partial charge in [0.15, 0.2) is 5.65 Å². The van der Waals surface area contributed by atoms with Crippen molar-refractivity contribution in [2.24, 2.45) is 5.92 Å². The Morgan fingerprint density at radius 3 is 2.72 bits per heavy atom. The number of nitrogens with one attached hydrogen (secondary N) is 1. The maximum atomic E-state index is 13.9. The topological polar surface area (TPSA) is 51.5 Å². The Morgan fingerprint density at radius 2 is 1.93 bits per heavy atom. The van der Waals surface area contributed by atoms with E-state index in [0.717, 1.165) is 24.2 Å². The van der Waals surface area contributed by atoms with Gasteiger partial charge in [0.2, 0.25) is 0 Å². The average molecular weight is 402 g/mol. The molecule has 1 aromatic carbocycles. The van der Waals surface area contributed by atoms with Crippen LogP contribution >= 0.6 is 0 Å². The quantitative estimate of drug-likeness (QED) is 0.691. The van der Waals surface area contributed by atoms with Gasteiger partial charge in [-0.2, -0.15) is 13.2 Å². The molecule has 8 heteroatoms. The summed E-state index contributed by atoms with van der Waals surface area (Å²) >= 11 is 0. The molecule has 1 fully saturated rings. The van der Waals surface area contributed by atoms with Gasteiger partial charge in [0.25, 0.3) is 0 Å². The molecule has 3 aromatic rings. The molecule has 152 valence electrons. The second kappa shape index (κ2) is 7.02. The first-order valence-electron chi connectivity index (χ1n) is 9.88. The zero-order chi connectivity index (χ0) is 20.0. The van der Waals surface area contributed by atoms with Crippen molar-refractivity contribution in [1.29, 1.82) is 0 Å². The van der Waals surface area contributed by atoms with Crippen molar-refractivity contribution in [3.63, 3.8) is 0 Å². The number of rotatable bonds is 5. The highest BCUT2D eigenvalue weighted by molar-refractivity contribution is 5.53. The second-order valence-corrected chi connectivity index (χ2v) is 7.78. The van der Waals surface area contributed by atoms with Gasteiger partial charge >= 0.3 is 6.18 Å². The van der Waals surface area contributed by atoms with Crippen LogP contribution in [-0.2, 0) is 19.1 Å². The van der Waals surface area contributed by atoms with Crippen molar-refractivity contribution >= 4 is 5.65 Å². The highest BCUT2D eigenvalue weighted by Crippen LogP contribution is 2.37. The Morgan fingerprint density at radius 1 is 1.10 bits per heavy atom. The van der Waals surface area contributed by atoms with E-state index in [2.05, 4.69) is 15.5 Å². The largest absolute Gasteiger partial charge is 0.493 e. The van der Waals surface area contributed by atoms with Gasteiger partial charge in [0.05, 0.1) is 6.61 Å². The van der Waals surface area contributed by atoms with Crippen molar-refractivity contribution < 1.29 is 17.9 Å². The SMILES string of the molecule is FC(F)(F)c1c(CNC2CCOc3ccccc32)ccn2c(CC3CC3)nnc12. The molecule has 3 heterocycles. The molecule has 5 rings (SSSR count). The lowest BCUT2D eigenvalue weighted by Gasteiger charge is -2.27. The zero-order valence-electron chi connectivity index (χ0n) is 15.7. The molecule has 0 spiro atoms. The van der Waals surface area contributed by atoms with Gasteiger partial charge in [0.1, 0.15) is 17.1 Å². The average Bonchev–Trinajstić information content (AvgIpc) is 3.44. The molecule has 1 unspecified atom stereocenters. The summed E-state index contributed by atoms with van der Waals surface area (Å²) in [4.78, 5) is 0. The molecule has 1 N–H and O–H groups in total. The maximum Gasteiger partial charge on any atom is 0.420 e. The summed E-state index contributed by atoms with van der Waals surface area (Å²) in [5.74, 6) is 1.91. The van der Waals surface area contributed by atoms with Crippen LogP contribution in [0.5, 0.6) is 5.75 Å². The van der Waals surface area contributed by atoms with E-state index in [9.17, 15) is 13.2 Å². The lowest BCUT2D eigenvalue weighted by molar-refractivity contribution is -0.137. The molecule has 1 aliphatic heterocycles. The molecule has 29 heavy (non-hydrogen) atoms. The number of ether oxygens (including phenoxy) is 1. The molecule has 0 saturated heterocycles. The summed E-state index contributed by atoms with van der Waals surface area (Å²) in [7, 11) is 0. The fourth-order valence-electron chi connectivity index (χ4n) is 4.00. The van der Waals surface area contributed by atoms with Crippen LogP contribution in [0.2, 0.25) is 0 Å². The number of nitrogens with zero attached hydrogens (tertiary/aromatic N) is 3. The number of halogens is 3. The highest BCUT2D eigenvalue weighted by atomic mass is 19.4. The molecular formula is C21H21F3N4O. The third kappa shape index (κ3) is 3.57. The van der Waals surface area contributed by atoms with Gasteiger partial charge in [-0.15, -0.1) is 10.2 Å². The Bertz CT molecular complexity index is 1040. The number of alkyl halides is 3. The molecule has 1 aliphatic carbocycles. The van der Waals surface area contributed by atoms with Crippen molar-refractivity contribution in [3.8, 4) is 5.75 Å². The van der Waals surface area contributed by atoms with Crippen LogP contribution in [-0.4, -0.2) is 21.2 Å². The number of hydrogen-bond donors (Lipinski definition) is 1. The van der Waals surface area contributed by atoms with E-state index < -0.39 is 11.7 Å². The minimum atomic E-state index is -4.50. The summed E-state index contributed by atoms with van der Waals surface area (Å²) in [6.45, 7) is 0.629. The number of fused-ring (bicyclic) bond motifs is 2. The van der Waals surface area contributed by atoms with Crippen molar-refractivity contribution in [3.05, 3.63) is 59.0 Å². The highest BCUT2D eigenvalue weighted by Gasteiger charge is 2.38. The number of aromatic nitrogens is 3. The van der Waals surface area contributed by atoms with E-state index in [1.54, 1.807) is 6.20 Å². The van der Waals surface area contributed by atoms with E-state index in [-0.39, 0.29) is 23.8 Å². The van der Waals surface area contributed by atoms with E-state index in [1.165, 1.54) is 10.5 Å². The van der Waals surface area contributed by atoms with Crippen LogP contribution in [0.25, 0.3) is 5.65 Å². The first kappa shape index (κ1) is 18.4. The lowest BCUT2D eigenvalue weighted by Crippen LogP contribution is -2.28. The first-order chi connectivity index (χ1) is 14.0. The minimum Gasteiger partial charge on any atom is -0.493 e. The molecular weight excluding hydrogens is 381 g/mol. The van der Waals surface area contributed by atoms with E-state index in [4.69, 9.17) is 4.74 Å². The summed E-state index contributed by atoms with van der Waals surface area (Å²) in [5, 5.41) is 11.2. The van der Waals surface area contributed by atoms with Crippen LogP contribution in [0.1, 0.15) is 47.8 Å². The first-order valence-corrected chi connectivity index (χ1v) is 9.88. The fourth-order valence-corrected chi connectivity index (χ4v) is 4.00. The van der Waals surface area contributed by atoms with Gasteiger partial charge in [-0.1, -0.05) is 18.2 Å². The third-order valence-electron chi connectivity index (χ3n) is 5.69. The van der Waals surface area contributed by atoms with Crippen molar-refractivity contribution in [2.75, 3.05) is 6.61 Å². The molecule has 1 saturated carbocycles. The van der Waals surface area contributed by atoms with E-state index in [0.29, 0.717) is 31.2 Å². The smallest absolute Gasteiger partial charge is 0.420 e. The number of benzene rings is 1. The van der Waals surface area contributed by atoms with Crippen molar-refractivity contribution in [2.45, 2.75) is 44.4 Å². The molecule has 2 aliphatic rings. The van der Waals surface area contributed by atoms with Crippen LogP contribution in [0.15, 0.2) is 36.5 Å². The molecule has 0 amide bonds. The van der Waals surface area contributed by atoms with Gasteiger partial charge in [-0.3, -0.25) is 4.40 Å². The Labute approximate surface area is 165 Å². The van der Waals surface area contributed by atoms with Gasteiger partial charge in [-0.25, -0.2) is 0 Å². The molecule has 5 nitrogen and oxygen atoms in total. The minimum absolute atomic E-state index is 0.0550. The van der Waals surface area contributed by atoms with Gasteiger partial charge < -0.3 is 10.1 Å². The molecule has 0 radical (unpaired) electrons.